The van der Waals surface area contributed by atoms with E-state index in [0.29, 0.717) is 5.69 Å². The van der Waals surface area contributed by atoms with Crippen molar-refractivity contribution < 1.29 is 24.3 Å². The summed E-state index contributed by atoms with van der Waals surface area (Å²) in [6.07, 6.45) is 2.38. The van der Waals surface area contributed by atoms with Crippen LogP contribution in [0.1, 0.15) is 12.1 Å². The van der Waals surface area contributed by atoms with E-state index in [0.717, 1.165) is 17.6 Å². The molecule has 1 aromatic rings. The van der Waals surface area contributed by atoms with E-state index in [1.165, 1.54) is 29.8 Å². The number of amides is 2. The first-order valence-corrected chi connectivity index (χ1v) is 8.68. The summed E-state index contributed by atoms with van der Waals surface area (Å²) in [6.45, 7) is 0. The Labute approximate surface area is 149 Å². The first kappa shape index (κ1) is 17.2. The molecule has 1 fully saturated rings. The molecule has 2 atom stereocenters. The Morgan fingerprint density at radius 2 is 2.40 bits per heavy atom. The van der Waals surface area contributed by atoms with Gasteiger partial charge in [-0.3, -0.25) is 14.5 Å². The average molecular weight is 383 g/mol. The highest BCUT2D eigenvalue weighted by molar-refractivity contribution is 8.01. The zero-order valence-electron chi connectivity index (χ0n) is 12.8. The van der Waals surface area contributed by atoms with Crippen LogP contribution in [0.5, 0.6) is 0 Å². The predicted octanol–water partition coefficient (Wildman–Crippen LogP) is -0.0998. The highest BCUT2D eigenvalue weighted by Crippen LogP contribution is 2.50. The summed E-state index contributed by atoms with van der Waals surface area (Å²) in [5.41, 5.74) is 5.84. The van der Waals surface area contributed by atoms with Crippen LogP contribution in [0, 0.1) is 0 Å². The van der Waals surface area contributed by atoms with E-state index >= 15 is 0 Å². The average Bonchev–Trinajstić information content (AvgIpc) is 2.98. The number of fused-ring (bicyclic) bond motifs is 1. The number of nitrogens with two attached hydrogens (primary N) is 1. The molecule has 0 bridgehead atoms. The molecule has 12 heteroatoms. The van der Waals surface area contributed by atoms with Crippen molar-refractivity contribution in [3.63, 3.8) is 0 Å². The summed E-state index contributed by atoms with van der Waals surface area (Å²) < 4.78 is 0. The molecule has 2 aliphatic rings. The number of aliphatic carboxylic acids is 1. The Balaban J connectivity index is 2.06. The fourth-order valence-electron chi connectivity index (χ4n) is 2.48. The number of hydrogen-bond donors (Lipinski definition) is 3. The minimum Gasteiger partial charge on any atom is -0.477 e. The first-order chi connectivity index (χ1) is 11.9. The lowest BCUT2D eigenvalue weighted by atomic mass is 10.1. The molecule has 4 N–H and O–H groups in total. The number of anilines is 1. The molecule has 0 aliphatic carbocycles. The number of carboxylic acid groups (broad SMARTS) is 1. The van der Waals surface area contributed by atoms with Gasteiger partial charge in [0, 0.05) is 5.38 Å². The van der Waals surface area contributed by atoms with Crippen molar-refractivity contribution in [3.8, 4) is 0 Å². The van der Waals surface area contributed by atoms with E-state index in [2.05, 4.69) is 20.3 Å². The monoisotopic (exact) mass is 383 g/mol. The summed E-state index contributed by atoms with van der Waals surface area (Å²) in [4.78, 5) is 44.0. The third-order valence-electron chi connectivity index (χ3n) is 3.53. The molecule has 3 rings (SSSR count). The van der Waals surface area contributed by atoms with Crippen LogP contribution < -0.4 is 11.1 Å². The van der Waals surface area contributed by atoms with Crippen molar-refractivity contribution in [1.82, 2.24) is 15.2 Å². The summed E-state index contributed by atoms with van der Waals surface area (Å²) >= 11 is 2.36. The van der Waals surface area contributed by atoms with Gasteiger partial charge in [-0.05, 0) is 6.08 Å². The number of aromatic nitrogens is 1. The standard InChI is InChI=1S/C13H13N5O5S2/c1-23-15-4-8(19)17-13(7-5-24-12(14)16-7)3-6(11(21)22)18-9(20)2-10(18)25-13/h3-5,10H,2H2,1H3,(H2,14,16)(H,17,19)(H,21,22)/t10-,13?/m0/s1. The van der Waals surface area contributed by atoms with E-state index in [1.54, 1.807) is 5.38 Å². The second kappa shape index (κ2) is 6.37. The summed E-state index contributed by atoms with van der Waals surface area (Å²) in [5, 5.41) is 17.0. The molecule has 1 saturated heterocycles. The van der Waals surface area contributed by atoms with Crippen LogP contribution in [0.3, 0.4) is 0 Å². The van der Waals surface area contributed by atoms with Crippen molar-refractivity contribution in [2.24, 2.45) is 5.16 Å². The first-order valence-electron chi connectivity index (χ1n) is 6.92. The Hall–Kier alpha value is -2.60. The van der Waals surface area contributed by atoms with Crippen molar-refractivity contribution in [2.75, 3.05) is 12.8 Å². The van der Waals surface area contributed by atoms with Crippen LogP contribution in [-0.4, -0.2) is 51.5 Å². The number of carbonyl (C=O) groups is 3. The number of thioether (sulfide) groups is 1. The molecule has 0 radical (unpaired) electrons. The molecule has 0 aromatic carbocycles. The molecule has 10 nitrogen and oxygen atoms in total. The molecule has 3 heterocycles. The van der Waals surface area contributed by atoms with Crippen LogP contribution in [0.4, 0.5) is 5.13 Å². The normalized spacial score (nSPS) is 25.2. The smallest absolute Gasteiger partial charge is 0.352 e. The van der Waals surface area contributed by atoms with Gasteiger partial charge in [0.25, 0.3) is 5.91 Å². The summed E-state index contributed by atoms with van der Waals surface area (Å²) in [6, 6.07) is 0. The number of nitrogens with one attached hydrogen (secondary N) is 1. The Kier molecular flexibility index (Phi) is 4.39. The van der Waals surface area contributed by atoms with Gasteiger partial charge in [-0.2, -0.15) is 0 Å². The van der Waals surface area contributed by atoms with Crippen molar-refractivity contribution >= 4 is 52.2 Å². The Bertz CT molecular complexity index is 806. The van der Waals surface area contributed by atoms with Gasteiger partial charge < -0.3 is 21.0 Å². The lowest BCUT2D eigenvalue weighted by Gasteiger charge is -2.48. The number of hydrogen-bond acceptors (Lipinski definition) is 9. The van der Waals surface area contributed by atoms with E-state index < -0.39 is 22.1 Å². The van der Waals surface area contributed by atoms with Crippen molar-refractivity contribution in [3.05, 3.63) is 22.8 Å². The number of carboxylic acids is 1. The lowest BCUT2D eigenvalue weighted by molar-refractivity contribution is -0.146. The molecule has 25 heavy (non-hydrogen) atoms. The highest BCUT2D eigenvalue weighted by Gasteiger charge is 2.52. The molecule has 2 amide bonds. The van der Waals surface area contributed by atoms with E-state index in [4.69, 9.17) is 5.73 Å². The van der Waals surface area contributed by atoms with Gasteiger partial charge in [-0.25, -0.2) is 9.78 Å². The van der Waals surface area contributed by atoms with Gasteiger partial charge in [0.05, 0.1) is 17.5 Å². The molecule has 0 saturated carbocycles. The van der Waals surface area contributed by atoms with E-state index in [1.807, 2.05) is 0 Å². The maximum atomic E-state index is 12.1. The van der Waals surface area contributed by atoms with Gasteiger partial charge in [-0.1, -0.05) is 16.9 Å². The van der Waals surface area contributed by atoms with Gasteiger partial charge in [0.15, 0.2) is 10.0 Å². The van der Waals surface area contributed by atoms with Gasteiger partial charge in [0.2, 0.25) is 5.91 Å². The molecule has 1 aromatic heterocycles. The molecular weight excluding hydrogens is 370 g/mol. The Morgan fingerprint density at radius 1 is 1.64 bits per heavy atom. The van der Waals surface area contributed by atoms with Crippen LogP contribution >= 0.6 is 23.1 Å². The largest absolute Gasteiger partial charge is 0.477 e. The fraction of sp³-hybridized carbons (Fsp3) is 0.308. The molecule has 0 spiro atoms. The third-order valence-corrected chi connectivity index (χ3v) is 5.66. The number of carbonyl (C=O) groups excluding carboxylic acids is 2. The lowest BCUT2D eigenvalue weighted by Crippen LogP contribution is -2.59. The number of thiazole rings is 1. The molecular formula is C13H13N5O5S2. The summed E-state index contributed by atoms with van der Waals surface area (Å²) in [5.74, 6) is -2.17. The second-order valence-corrected chi connectivity index (χ2v) is 7.40. The van der Waals surface area contributed by atoms with Crippen molar-refractivity contribution in [1.29, 1.82) is 0 Å². The fourth-order valence-corrected chi connectivity index (χ4v) is 4.74. The third kappa shape index (κ3) is 3.05. The van der Waals surface area contributed by atoms with Gasteiger partial charge >= 0.3 is 5.97 Å². The number of oxime groups is 1. The SMILES string of the molecule is CON=CC(=O)NC1(c2csc(N)n2)C=C(C(=O)O)N2C(=O)C[C@@H]2S1. The highest BCUT2D eigenvalue weighted by atomic mass is 32.2. The van der Waals surface area contributed by atoms with Crippen LogP contribution in [-0.2, 0) is 24.1 Å². The molecule has 2 aliphatic heterocycles. The minimum absolute atomic E-state index is 0.165. The molecule has 1 unspecified atom stereocenters. The van der Waals surface area contributed by atoms with Crippen LogP contribution in [0.25, 0.3) is 0 Å². The van der Waals surface area contributed by atoms with Gasteiger partial charge in [0.1, 0.15) is 19.0 Å². The van der Waals surface area contributed by atoms with Gasteiger partial charge in [-0.15, -0.1) is 11.3 Å². The number of nitrogen functional groups attached to an aromatic ring is 1. The second-order valence-electron chi connectivity index (χ2n) is 5.09. The topological polar surface area (TPSA) is 147 Å². The maximum Gasteiger partial charge on any atom is 0.352 e. The van der Waals surface area contributed by atoms with Crippen LogP contribution in [0.15, 0.2) is 22.3 Å². The zero-order valence-corrected chi connectivity index (χ0v) is 14.5. The van der Waals surface area contributed by atoms with E-state index in [9.17, 15) is 19.5 Å². The van der Waals surface area contributed by atoms with Crippen LogP contribution in [0.2, 0.25) is 0 Å². The quantitative estimate of drug-likeness (QED) is 0.363. The summed E-state index contributed by atoms with van der Waals surface area (Å²) in [7, 11) is 1.29. The Morgan fingerprint density at radius 3 is 2.96 bits per heavy atom. The van der Waals surface area contributed by atoms with E-state index in [-0.39, 0.29) is 23.2 Å². The minimum atomic E-state index is -1.29. The maximum absolute atomic E-state index is 12.1. The number of nitrogens with zero attached hydrogens (tertiary/aromatic N) is 3. The zero-order chi connectivity index (χ0) is 18.2. The van der Waals surface area contributed by atoms with Crippen molar-refractivity contribution in [2.45, 2.75) is 16.7 Å². The molecule has 132 valence electrons. The predicted molar refractivity (Wildman–Crippen MR) is 90.4 cm³/mol. The number of rotatable bonds is 5. The number of β-lactam (4-membered cyclic amide) rings is 1.